The molecule has 0 spiro atoms. The molecule has 0 rings (SSSR count). The largest absolute Gasteiger partial charge is 0.396 e. The molecule has 0 aromatic heterocycles. The fraction of sp³-hybridized carbons (Fsp3) is 1.00. The minimum absolute atomic E-state index is 0.260. The van der Waals surface area contributed by atoms with Crippen LogP contribution in [0, 0.1) is 0 Å². The highest BCUT2D eigenvalue weighted by Gasteiger charge is 1.92. The van der Waals surface area contributed by atoms with Gasteiger partial charge in [0.25, 0.3) is 0 Å². The Morgan fingerprint density at radius 2 is 2.10 bits per heavy atom. The molecule has 0 saturated carbocycles. The standard InChI is InChI=1S/C7H17NO2/c1-7(10)6-8-4-2-3-5-9/h7-10H,2-6H2,1H3/t7-/m1/s1. The van der Waals surface area contributed by atoms with Crippen LogP contribution in [-0.2, 0) is 0 Å². The van der Waals surface area contributed by atoms with Gasteiger partial charge in [-0.2, -0.15) is 0 Å². The van der Waals surface area contributed by atoms with Crippen LogP contribution in [0.15, 0.2) is 0 Å². The smallest absolute Gasteiger partial charge is 0.0636 e. The molecule has 0 aliphatic heterocycles. The summed E-state index contributed by atoms with van der Waals surface area (Å²) in [6, 6.07) is 0. The minimum Gasteiger partial charge on any atom is -0.396 e. The first-order valence-corrected chi connectivity index (χ1v) is 3.77. The van der Waals surface area contributed by atoms with Gasteiger partial charge < -0.3 is 15.5 Å². The molecule has 0 aliphatic carbocycles. The average Bonchev–Trinajstić information content (AvgIpc) is 1.87. The van der Waals surface area contributed by atoms with Crippen molar-refractivity contribution in [2.24, 2.45) is 0 Å². The van der Waals surface area contributed by atoms with Crippen molar-refractivity contribution in [3.63, 3.8) is 0 Å². The Bertz CT molecular complexity index is 66.6. The topological polar surface area (TPSA) is 52.5 Å². The van der Waals surface area contributed by atoms with Gasteiger partial charge in [-0.15, -0.1) is 0 Å². The average molecular weight is 147 g/mol. The molecule has 0 unspecified atom stereocenters. The van der Waals surface area contributed by atoms with Gasteiger partial charge in [0.15, 0.2) is 0 Å². The first kappa shape index (κ1) is 9.88. The summed E-state index contributed by atoms with van der Waals surface area (Å²) in [7, 11) is 0. The summed E-state index contributed by atoms with van der Waals surface area (Å²) in [5.74, 6) is 0. The molecule has 0 aliphatic rings. The molecule has 0 heterocycles. The third-order valence-electron chi connectivity index (χ3n) is 1.20. The summed E-state index contributed by atoms with van der Waals surface area (Å²) >= 11 is 0. The Hall–Kier alpha value is -0.120. The second-order valence-corrected chi connectivity index (χ2v) is 2.48. The summed E-state index contributed by atoms with van der Waals surface area (Å²) in [5.41, 5.74) is 0. The van der Waals surface area contributed by atoms with Crippen molar-refractivity contribution in [3.05, 3.63) is 0 Å². The Balaban J connectivity index is 2.77. The second kappa shape index (κ2) is 6.99. The molecule has 0 aromatic carbocycles. The number of unbranched alkanes of at least 4 members (excludes halogenated alkanes) is 1. The molecule has 0 saturated heterocycles. The first-order valence-electron chi connectivity index (χ1n) is 3.77. The summed E-state index contributed by atoms with van der Waals surface area (Å²) < 4.78 is 0. The summed E-state index contributed by atoms with van der Waals surface area (Å²) in [4.78, 5) is 0. The molecule has 1 atom stereocenters. The molecule has 0 fully saturated rings. The zero-order valence-corrected chi connectivity index (χ0v) is 6.51. The third-order valence-corrected chi connectivity index (χ3v) is 1.20. The summed E-state index contributed by atoms with van der Waals surface area (Å²) in [6.45, 7) is 3.53. The van der Waals surface area contributed by atoms with Crippen molar-refractivity contribution < 1.29 is 10.2 Å². The van der Waals surface area contributed by atoms with Crippen molar-refractivity contribution in [2.45, 2.75) is 25.9 Å². The quantitative estimate of drug-likeness (QED) is 0.453. The van der Waals surface area contributed by atoms with Crippen molar-refractivity contribution in [3.8, 4) is 0 Å². The van der Waals surface area contributed by atoms with E-state index in [1.807, 2.05) is 0 Å². The fourth-order valence-corrected chi connectivity index (χ4v) is 0.673. The van der Waals surface area contributed by atoms with Crippen LogP contribution in [0.2, 0.25) is 0 Å². The Labute approximate surface area is 62.1 Å². The van der Waals surface area contributed by atoms with E-state index in [4.69, 9.17) is 10.2 Å². The van der Waals surface area contributed by atoms with Gasteiger partial charge in [0.2, 0.25) is 0 Å². The number of hydrogen-bond acceptors (Lipinski definition) is 3. The Morgan fingerprint density at radius 3 is 2.60 bits per heavy atom. The van der Waals surface area contributed by atoms with Crippen LogP contribution in [0.25, 0.3) is 0 Å². The molecule has 62 valence electrons. The predicted molar refractivity (Wildman–Crippen MR) is 40.9 cm³/mol. The predicted octanol–water partition coefficient (Wildman–Crippen LogP) is -0.271. The van der Waals surface area contributed by atoms with Crippen LogP contribution < -0.4 is 5.32 Å². The molecule has 0 aromatic rings. The van der Waals surface area contributed by atoms with Gasteiger partial charge in [0, 0.05) is 13.2 Å². The molecule has 0 amide bonds. The number of rotatable bonds is 6. The molecular formula is C7H17NO2. The van der Waals surface area contributed by atoms with Crippen LogP contribution >= 0.6 is 0 Å². The maximum Gasteiger partial charge on any atom is 0.0636 e. The van der Waals surface area contributed by atoms with E-state index in [1.165, 1.54) is 0 Å². The lowest BCUT2D eigenvalue weighted by Gasteiger charge is -2.04. The van der Waals surface area contributed by atoms with Gasteiger partial charge in [-0.3, -0.25) is 0 Å². The maximum absolute atomic E-state index is 8.80. The van der Waals surface area contributed by atoms with Gasteiger partial charge in [-0.1, -0.05) is 0 Å². The highest BCUT2D eigenvalue weighted by Crippen LogP contribution is 1.83. The normalized spacial score (nSPS) is 13.5. The molecule has 10 heavy (non-hydrogen) atoms. The van der Waals surface area contributed by atoms with Crippen molar-refractivity contribution in [1.82, 2.24) is 5.32 Å². The van der Waals surface area contributed by atoms with E-state index < -0.39 is 0 Å². The number of aliphatic hydroxyl groups excluding tert-OH is 2. The summed E-state index contributed by atoms with van der Waals surface area (Å²) in [6.07, 6.45) is 1.55. The van der Waals surface area contributed by atoms with Gasteiger partial charge in [0.1, 0.15) is 0 Å². The van der Waals surface area contributed by atoms with E-state index in [-0.39, 0.29) is 12.7 Å². The molecule has 3 nitrogen and oxygen atoms in total. The van der Waals surface area contributed by atoms with Crippen LogP contribution in [0.1, 0.15) is 19.8 Å². The minimum atomic E-state index is -0.269. The molecule has 3 N–H and O–H groups in total. The summed E-state index contributed by atoms with van der Waals surface area (Å²) in [5, 5.41) is 20.3. The van der Waals surface area contributed by atoms with E-state index in [2.05, 4.69) is 5.32 Å². The number of nitrogens with one attached hydrogen (secondary N) is 1. The molecule has 3 heteroatoms. The van der Waals surface area contributed by atoms with Crippen LogP contribution in [-0.4, -0.2) is 36.0 Å². The zero-order valence-electron chi connectivity index (χ0n) is 6.51. The second-order valence-electron chi connectivity index (χ2n) is 2.48. The van der Waals surface area contributed by atoms with Gasteiger partial charge in [0.05, 0.1) is 6.10 Å². The first-order chi connectivity index (χ1) is 4.77. The lowest BCUT2D eigenvalue weighted by atomic mass is 10.3. The monoisotopic (exact) mass is 147 g/mol. The van der Waals surface area contributed by atoms with Crippen molar-refractivity contribution in [2.75, 3.05) is 19.7 Å². The Morgan fingerprint density at radius 1 is 1.40 bits per heavy atom. The van der Waals surface area contributed by atoms with Gasteiger partial charge in [-0.05, 0) is 26.3 Å². The maximum atomic E-state index is 8.80. The van der Waals surface area contributed by atoms with Crippen LogP contribution in [0.3, 0.4) is 0 Å². The van der Waals surface area contributed by atoms with Gasteiger partial charge in [-0.25, -0.2) is 0 Å². The van der Waals surface area contributed by atoms with E-state index in [0.717, 1.165) is 19.4 Å². The molecule has 0 bridgehead atoms. The SMILES string of the molecule is C[C@@H](O)CNCCCCO. The van der Waals surface area contributed by atoms with Crippen molar-refractivity contribution >= 4 is 0 Å². The van der Waals surface area contributed by atoms with Crippen LogP contribution in [0.5, 0.6) is 0 Å². The molecule has 0 radical (unpaired) electrons. The number of hydrogen-bond donors (Lipinski definition) is 3. The Kier molecular flexibility index (Phi) is 6.91. The highest BCUT2D eigenvalue weighted by atomic mass is 16.3. The third kappa shape index (κ3) is 7.88. The molecular weight excluding hydrogens is 130 g/mol. The lowest BCUT2D eigenvalue weighted by Crippen LogP contribution is -2.25. The van der Waals surface area contributed by atoms with Gasteiger partial charge >= 0.3 is 0 Å². The zero-order chi connectivity index (χ0) is 7.82. The lowest BCUT2D eigenvalue weighted by molar-refractivity contribution is 0.190. The van der Waals surface area contributed by atoms with Crippen molar-refractivity contribution in [1.29, 1.82) is 0 Å². The van der Waals surface area contributed by atoms with E-state index in [1.54, 1.807) is 6.92 Å². The highest BCUT2D eigenvalue weighted by molar-refractivity contribution is 4.52. The van der Waals surface area contributed by atoms with E-state index in [9.17, 15) is 0 Å². The van der Waals surface area contributed by atoms with E-state index >= 15 is 0 Å². The fourth-order valence-electron chi connectivity index (χ4n) is 0.673. The number of aliphatic hydroxyl groups is 2. The van der Waals surface area contributed by atoms with Crippen LogP contribution in [0.4, 0.5) is 0 Å². The van der Waals surface area contributed by atoms with E-state index in [0.29, 0.717) is 6.54 Å².